The summed E-state index contributed by atoms with van der Waals surface area (Å²) in [5, 5.41) is 16.5. The number of aliphatic carboxylic acids is 1. The van der Waals surface area contributed by atoms with Crippen molar-refractivity contribution in [2.24, 2.45) is 0 Å². The molecule has 6 rings (SSSR count). The molecule has 0 radical (unpaired) electrons. The van der Waals surface area contributed by atoms with Crippen LogP contribution in [0.15, 0.2) is 78.9 Å². The zero-order chi connectivity index (χ0) is 39.3. The summed E-state index contributed by atoms with van der Waals surface area (Å²) in [5.41, 5.74) is 0.390. The third-order valence-corrected chi connectivity index (χ3v) is 9.73. The number of carbonyl (C=O) groups excluding carboxylic acids is 3. The zero-order valence-corrected chi connectivity index (χ0v) is 31.8. The quantitative estimate of drug-likeness (QED) is 0.215. The Bertz CT molecular complexity index is 2050. The second-order valence-corrected chi connectivity index (χ2v) is 15.2. The molecule has 2 aliphatic heterocycles. The van der Waals surface area contributed by atoms with E-state index in [1.165, 1.54) is 11.8 Å². The van der Waals surface area contributed by atoms with E-state index in [1.54, 1.807) is 52.1 Å². The van der Waals surface area contributed by atoms with Gasteiger partial charge in [-0.05, 0) is 76.8 Å². The largest absolute Gasteiger partial charge is 0.497 e. The molecular formula is C42H48N4O9. The molecule has 4 aromatic rings. The van der Waals surface area contributed by atoms with E-state index in [-0.39, 0.29) is 25.8 Å². The van der Waals surface area contributed by atoms with Crippen molar-refractivity contribution in [1.82, 2.24) is 20.5 Å². The number of nitrogens with zero attached hydrogens (tertiary/aromatic N) is 2. The van der Waals surface area contributed by atoms with Gasteiger partial charge in [-0.2, -0.15) is 0 Å². The molecule has 13 nitrogen and oxygen atoms in total. The lowest BCUT2D eigenvalue weighted by atomic mass is 9.94. The van der Waals surface area contributed by atoms with E-state index >= 15 is 0 Å². The summed E-state index contributed by atoms with van der Waals surface area (Å²) in [5.74, 6) is -0.716. The van der Waals surface area contributed by atoms with E-state index in [0.717, 1.165) is 11.1 Å². The van der Waals surface area contributed by atoms with Gasteiger partial charge in [-0.15, -0.1) is 0 Å². The topological polar surface area (TPSA) is 166 Å². The zero-order valence-electron chi connectivity index (χ0n) is 31.8. The number of hydrogen-bond donors (Lipinski definition) is 3. The van der Waals surface area contributed by atoms with Crippen LogP contribution in [0.4, 0.5) is 4.79 Å². The van der Waals surface area contributed by atoms with Crippen molar-refractivity contribution in [2.45, 2.75) is 89.1 Å². The number of aromatic nitrogens is 1. The normalized spacial score (nSPS) is 22.2. The van der Waals surface area contributed by atoms with Crippen LogP contribution in [0.3, 0.4) is 0 Å². The first kappa shape index (κ1) is 38.9. The fraction of sp³-hybridized carbons (Fsp3) is 0.405. The van der Waals surface area contributed by atoms with Crippen LogP contribution in [-0.2, 0) is 25.5 Å². The van der Waals surface area contributed by atoms with Gasteiger partial charge in [0.15, 0.2) is 0 Å². The summed E-state index contributed by atoms with van der Waals surface area (Å²) in [6.45, 7) is 6.92. The second-order valence-electron chi connectivity index (χ2n) is 15.2. The summed E-state index contributed by atoms with van der Waals surface area (Å²) in [4.78, 5) is 61.0. The predicted octanol–water partition coefficient (Wildman–Crippen LogP) is 5.92. The first-order valence-corrected chi connectivity index (χ1v) is 18.5. The molecule has 1 aromatic heterocycles. The number of nitrogens with one attached hydrogen (secondary N) is 2. The molecule has 0 saturated carbocycles. The summed E-state index contributed by atoms with van der Waals surface area (Å²) in [7, 11) is 1.58. The minimum Gasteiger partial charge on any atom is -0.497 e. The van der Waals surface area contributed by atoms with Gasteiger partial charge in [0, 0.05) is 35.9 Å². The average molecular weight is 753 g/mol. The van der Waals surface area contributed by atoms with Gasteiger partial charge >= 0.3 is 12.1 Å². The standard InChI is InChI=1S/C42H48N4O9/c1-41(2,3)55-40(51)44-34-21-26-12-11-15-29(20-26)53-19-10-9-18-42(4,39(49)50)45-37(47)35-23-30(25-46(35)38(34)48)54-36-24-32(27-13-7-6-8-14-27)43-33-22-28(52-5)16-17-31(33)36/h6-8,11-17,20,22,24,30,34-35H,9-10,18-19,21,23,25H2,1-5H3,(H,44,51)(H,45,47)(H,49,50)/t30-,34-,35+,42-/m1/s1. The van der Waals surface area contributed by atoms with Crippen LogP contribution in [-0.4, -0.2) is 88.5 Å². The molecular weight excluding hydrogens is 704 g/mol. The monoisotopic (exact) mass is 752 g/mol. The Morgan fingerprint density at radius 1 is 1.02 bits per heavy atom. The second kappa shape index (κ2) is 16.3. The number of benzene rings is 3. The molecule has 3 amide bonds. The molecule has 0 unspecified atom stereocenters. The summed E-state index contributed by atoms with van der Waals surface area (Å²) in [6.07, 6.45) is -0.235. The minimum absolute atomic E-state index is 0.0308. The van der Waals surface area contributed by atoms with Crippen molar-refractivity contribution in [3.8, 4) is 28.5 Å². The third kappa shape index (κ3) is 9.45. The van der Waals surface area contributed by atoms with Gasteiger partial charge in [-0.25, -0.2) is 14.6 Å². The van der Waals surface area contributed by atoms with Crippen LogP contribution >= 0.6 is 0 Å². The first-order chi connectivity index (χ1) is 26.2. The van der Waals surface area contributed by atoms with Crippen LogP contribution in [0.2, 0.25) is 0 Å². The Morgan fingerprint density at radius 3 is 2.53 bits per heavy atom. The third-order valence-electron chi connectivity index (χ3n) is 9.73. The molecule has 290 valence electrons. The van der Waals surface area contributed by atoms with E-state index < -0.39 is 53.2 Å². The van der Waals surface area contributed by atoms with Crippen molar-refractivity contribution in [1.29, 1.82) is 0 Å². The van der Waals surface area contributed by atoms with Crippen LogP contribution in [0.1, 0.15) is 58.9 Å². The highest BCUT2D eigenvalue weighted by molar-refractivity contribution is 5.95. The van der Waals surface area contributed by atoms with Crippen molar-refractivity contribution in [3.05, 3.63) is 84.4 Å². The molecule has 0 spiro atoms. The van der Waals surface area contributed by atoms with Gasteiger partial charge in [-0.3, -0.25) is 9.59 Å². The van der Waals surface area contributed by atoms with E-state index in [4.69, 9.17) is 23.9 Å². The molecule has 4 atom stereocenters. The maximum absolute atomic E-state index is 14.7. The molecule has 3 heterocycles. The number of pyridine rings is 1. The van der Waals surface area contributed by atoms with Crippen LogP contribution in [0.5, 0.6) is 17.2 Å². The van der Waals surface area contributed by atoms with Gasteiger partial charge in [-0.1, -0.05) is 42.5 Å². The number of amides is 3. The SMILES string of the molecule is COc1ccc2c(O[C@@H]3C[C@H]4C(=O)N[C@@](C)(C(=O)O)CCCCOc5cccc(c5)C[C@@H](NC(=O)OC(C)(C)C)C(=O)N4C3)cc(-c3ccccc3)nc2c1. The Balaban J connectivity index is 1.39. The predicted molar refractivity (Wildman–Crippen MR) is 205 cm³/mol. The summed E-state index contributed by atoms with van der Waals surface area (Å²) >= 11 is 0. The lowest BCUT2D eigenvalue weighted by molar-refractivity contribution is -0.149. The summed E-state index contributed by atoms with van der Waals surface area (Å²) < 4.78 is 23.7. The van der Waals surface area contributed by atoms with E-state index in [9.17, 15) is 24.3 Å². The summed E-state index contributed by atoms with van der Waals surface area (Å²) in [6, 6.07) is 21.9. The number of carboxylic acids is 1. The molecule has 2 bridgehead atoms. The van der Waals surface area contributed by atoms with Gasteiger partial charge < -0.3 is 39.6 Å². The maximum atomic E-state index is 14.7. The van der Waals surface area contributed by atoms with E-state index in [2.05, 4.69) is 10.6 Å². The smallest absolute Gasteiger partial charge is 0.408 e. The van der Waals surface area contributed by atoms with Gasteiger partial charge in [0.25, 0.3) is 0 Å². The Labute approximate surface area is 320 Å². The van der Waals surface area contributed by atoms with Crippen molar-refractivity contribution < 1.29 is 43.2 Å². The molecule has 1 fully saturated rings. The number of fused-ring (bicyclic) bond motifs is 4. The molecule has 3 aromatic carbocycles. The molecule has 13 heteroatoms. The number of ether oxygens (including phenoxy) is 4. The molecule has 55 heavy (non-hydrogen) atoms. The van der Waals surface area contributed by atoms with Crippen LogP contribution < -0.4 is 24.8 Å². The molecule has 0 aliphatic carbocycles. The Morgan fingerprint density at radius 2 is 1.80 bits per heavy atom. The fourth-order valence-electron chi connectivity index (χ4n) is 6.91. The van der Waals surface area contributed by atoms with Crippen LogP contribution in [0, 0.1) is 0 Å². The number of hydrogen-bond acceptors (Lipinski definition) is 9. The average Bonchev–Trinajstić information content (AvgIpc) is 3.57. The van der Waals surface area contributed by atoms with Gasteiger partial charge in [0.2, 0.25) is 11.8 Å². The highest BCUT2D eigenvalue weighted by atomic mass is 16.6. The van der Waals surface area contributed by atoms with Crippen LogP contribution in [0.25, 0.3) is 22.2 Å². The first-order valence-electron chi connectivity index (χ1n) is 18.5. The number of methoxy groups -OCH3 is 1. The molecule has 1 saturated heterocycles. The van der Waals surface area contributed by atoms with Crippen molar-refractivity contribution >= 4 is 34.8 Å². The van der Waals surface area contributed by atoms with Gasteiger partial charge in [0.1, 0.15) is 46.6 Å². The highest BCUT2D eigenvalue weighted by Crippen LogP contribution is 2.35. The van der Waals surface area contributed by atoms with E-state index in [1.807, 2.05) is 54.6 Å². The van der Waals surface area contributed by atoms with Crippen molar-refractivity contribution in [3.63, 3.8) is 0 Å². The Hall–Kier alpha value is -5.85. The lowest BCUT2D eigenvalue weighted by Gasteiger charge is -2.32. The number of rotatable bonds is 6. The Kier molecular flexibility index (Phi) is 11.5. The minimum atomic E-state index is -1.62. The maximum Gasteiger partial charge on any atom is 0.408 e. The molecule has 3 N–H and O–H groups in total. The lowest BCUT2D eigenvalue weighted by Crippen LogP contribution is -2.59. The highest BCUT2D eigenvalue weighted by Gasteiger charge is 2.46. The molecule has 2 aliphatic rings. The fourth-order valence-corrected chi connectivity index (χ4v) is 6.91. The van der Waals surface area contributed by atoms with Crippen molar-refractivity contribution in [2.75, 3.05) is 20.3 Å². The number of alkyl carbamates (subject to hydrolysis) is 1. The number of carbonyl (C=O) groups is 4. The van der Waals surface area contributed by atoms with E-state index in [0.29, 0.717) is 53.3 Å². The number of carboxylic acid groups (broad SMARTS) is 1. The van der Waals surface area contributed by atoms with Gasteiger partial charge in [0.05, 0.1) is 31.5 Å².